The van der Waals surface area contributed by atoms with Gasteiger partial charge in [0.2, 0.25) is 0 Å². The Hall–Kier alpha value is -3.06. The van der Waals surface area contributed by atoms with Crippen LogP contribution in [-0.2, 0) is 0 Å². The smallest absolute Gasteiger partial charge is 0.0497 e. The second-order valence-electron chi connectivity index (χ2n) is 5.90. The van der Waals surface area contributed by atoms with Crippen LogP contribution < -0.4 is 4.90 Å². The normalized spacial score (nSPS) is 16.8. The molecule has 116 valence electrons. The Morgan fingerprint density at radius 2 is 1.21 bits per heavy atom. The van der Waals surface area contributed by atoms with Crippen molar-refractivity contribution < 1.29 is 0 Å². The number of rotatable bonds is 3. The van der Waals surface area contributed by atoms with E-state index in [0.717, 1.165) is 0 Å². The highest BCUT2D eigenvalue weighted by Crippen LogP contribution is 2.34. The maximum atomic E-state index is 2.34. The van der Waals surface area contributed by atoms with Crippen molar-refractivity contribution in [3.05, 3.63) is 120 Å². The molecule has 1 unspecified atom stereocenters. The van der Waals surface area contributed by atoms with E-state index in [2.05, 4.69) is 114 Å². The van der Waals surface area contributed by atoms with Crippen LogP contribution in [0.15, 0.2) is 109 Å². The van der Waals surface area contributed by atoms with Crippen molar-refractivity contribution in [2.75, 3.05) is 4.90 Å². The van der Waals surface area contributed by atoms with E-state index >= 15 is 0 Å². The molecule has 1 heteroatoms. The molecule has 0 saturated carbocycles. The van der Waals surface area contributed by atoms with E-state index < -0.39 is 0 Å². The number of hydrogen-bond acceptors (Lipinski definition) is 1. The molecule has 0 fully saturated rings. The van der Waals surface area contributed by atoms with Crippen LogP contribution in [0.4, 0.5) is 5.69 Å². The molecule has 3 aromatic rings. The second kappa shape index (κ2) is 6.59. The number of benzene rings is 3. The lowest BCUT2D eigenvalue weighted by molar-refractivity contribution is 1.04. The standard InChI is InChI=1S/C23H19N/c1-4-10-19(11-5-1)21-16-17-24(22-14-8-3-9-15-22)23(18-21)20-12-6-2-7-13-20/h1-18,21H. The molecule has 24 heavy (non-hydrogen) atoms. The van der Waals surface area contributed by atoms with Crippen LogP contribution >= 0.6 is 0 Å². The lowest BCUT2D eigenvalue weighted by Crippen LogP contribution is -2.18. The first-order valence-electron chi connectivity index (χ1n) is 8.26. The lowest BCUT2D eigenvalue weighted by atomic mass is 9.93. The molecule has 1 aliphatic heterocycles. The molecular formula is C23H19N. The van der Waals surface area contributed by atoms with Crippen molar-refractivity contribution in [2.45, 2.75) is 5.92 Å². The molecule has 3 aromatic carbocycles. The first-order valence-corrected chi connectivity index (χ1v) is 8.26. The van der Waals surface area contributed by atoms with E-state index in [-0.39, 0.29) is 0 Å². The van der Waals surface area contributed by atoms with Gasteiger partial charge in [-0.1, -0.05) is 84.9 Å². The van der Waals surface area contributed by atoms with Gasteiger partial charge >= 0.3 is 0 Å². The largest absolute Gasteiger partial charge is 0.317 e. The Balaban J connectivity index is 1.78. The van der Waals surface area contributed by atoms with Crippen molar-refractivity contribution >= 4 is 11.4 Å². The van der Waals surface area contributed by atoms with Crippen molar-refractivity contribution in [1.82, 2.24) is 0 Å². The van der Waals surface area contributed by atoms with Gasteiger partial charge in [-0.05, 0) is 29.3 Å². The van der Waals surface area contributed by atoms with Crippen LogP contribution in [0.25, 0.3) is 5.70 Å². The molecule has 1 atom stereocenters. The molecule has 0 aromatic heterocycles. The Kier molecular flexibility index (Phi) is 3.99. The van der Waals surface area contributed by atoms with Crippen molar-refractivity contribution in [1.29, 1.82) is 0 Å². The Morgan fingerprint density at radius 1 is 0.625 bits per heavy atom. The van der Waals surface area contributed by atoms with E-state index in [4.69, 9.17) is 0 Å². The number of hydrogen-bond donors (Lipinski definition) is 0. The number of allylic oxidation sites excluding steroid dienone is 2. The van der Waals surface area contributed by atoms with E-state index in [1.165, 1.54) is 22.5 Å². The highest BCUT2D eigenvalue weighted by Gasteiger charge is 2.18. The van der Waals surface area contributed by atoms with Gasteiger partial charge in [-0.25, -0.2) is 0 Å². The van der Waals surface area contributed by atoms with Gasteiger partial charge in [0.1, 0.15) is 0 Å². The molecule has 0 spiro atoms. The fourth-order valence-corrected chi connectivity index (χ4v) is 3.11. The van der Waals surface area contributed by atoms with Crippen LogP contribution in [0.1, 0.15) is 17.0 Å². The average Bonchev–Trinajstić information content (AvgIpc) is 2.69. The van der Waals surface area contributed by atoms with E-state index in [9.17, 15) is 0 Å². The zero-order chi connectivity index (χ0) is 16.2. The van der Waals surface area contributed by atoms with Crippen molar-refractivity contribution in [3.63, 3.8) is 0 Å². The first-order chi connectivity index (χ1) is 11.9. The predicted molar refractivity (Wildman–Crippen MR) is 102 cm³/mol. The molecule has 0 radical (unpaired) electrons. The molecule has 1 aliphatic rings. The van der Waals surface area contributed by atoms with Gasteiger partial charge in [0, 0.05) is 23.5 Å². The summed E-state index contributed by atoms with van der Waals surface area (Å²) in [6, 6.07) is 31.7. The number of para-hydroxylation sites is 1. The third-order valence-corrected chi connectivity index (χ3v) is 4.33. The molecule has 4 rings (SSSR count). The molecule has 0 bridgehead atoms. The van der Waals surface area contributed by atoms with Crippen LogP contribution in [0, 0.1) is 0 Å². The first kappa shape index (κ1) is 14.5. The van der Waals surface area contributed by atoms with Gasteiger partial charge < -0.3 is 4.90 Å². The maximum absolute atomic E-state index is 2.34. The van der Waals surface area contributed by atoms with Gasteiger partial charge in [0.15, 0.2) is 0 Å². The highest BCUT2D eigenvalue weighted by molar-refractivity contribution is 5.83. The summed E-state index contributed by atoms with van der Waals surface area (Å²) in [4.78, 5) is 2.26. The lowest BCUT2D eigenvalue weighted by Gasteiger charge is -2.29. The Bertz CT molecular complexity index is 848. The summed E-state index contributed by atoms with van der Waals surface area (Å²) in [6.45, 7) is 0. The van der Waals surface area contributed by atoms with Crippen LogP contribution in [0.3, 0.4) is 0 Å². The summed E-state index contributed by atoms with van der Waals surface area (Å²) in [6.07, 6.45) is 6.79. The number of anilines is 1. The fourth-order valence-electron chi connectivity index (χ4n) is 3.11. The van der Waals surface area contributed by atoms with Gasteiger partial charge in [0.05, 0.1) is 0 Å². The third kappa shape index (κ3) is 2.89. The molecule has 0 aliphatic carbocycles. The summed E-state index contributed by atoms with van der Waals surface area (Å²) < 4.78 is 0. The van der Waals surface area contributed by atoms with Gasteiger partial charge in [0.25, 0.3) is 0 Å². The van der Waals surface area contributed by atoms with Crippen LogP contribution in [-0.4, -0.2) is 0 Å². The molecule has 1 nitrogen and oxygen atoms in total. The summed E-state index contributed by atoms with van der Waals surface area (Å²) in [7, 11) is 0. The van der Waals surface area contributed by atoms with E-state index in [1.54, 1.807) is 0 Å². The minimum Gasteiger partial charge on any atom is -0.317 e. The molecule has 1 heterocycles. The summed E-state index contributed by atoms with van der Waals surface area (Å²) in [5.74, 6) is 0.293. The second-order valence-corrected chi connectivity index (χ2v) is 5.90. The van der Waals surface area contributed by atoms with E-state index in [1.807, 2.05) is 0 Å². The Morgan fingerprint density at radius 3 is 1.88 bits per heavy atom. The van der Waals surface area contributed by atoms with Crippen molar-refractivity contribution in [3.8, 4) is 0 Å². The van der Waals surface area contributed by atoms with Crippen molar-refractivity contribution in [2.24, 2.45) is 0 Å². The highest BCUT2D eigenvalue weighted by atomic mass is 15.1. The monoisotopic (exact) mass is 309 g/mol. The minimum absolute atomic E-state index is 0.293. The van der Waals surface area contributed by atoms with Gasteiger partial charge in [-0.15, -0.1) is 0 Å². The number of nitrogens with zero attached hydrogens (tertiary/aromatic N) is 1. The van der Waals surface area contributed by atoms with Crippen LogP contribution in [0.5, 0.6) is 0 Å². The Labute approximate surface area is 143 Å². The molecule has 0 saturated heterocycles. The van der Waals surface area contributed by atoms with Gasteiger partial charge in [-0.2, -0.15) is 0 Å². The maximum Gasteiger partial charge on any atom is 0.0497 e. The predicted octanol–water partition coefficient (Wildman–Crippen LogP) is 5.85. The average molecular weight is 309 g/mol. The molecule has 0 amide bonds. The summed E-state index contributed by atoms with van der Waals surface area (Å²) in [5, 5.41) is 0. The third-order valence-electron chi connectivity index (χ3n) is 4.33. The minimum atomic E-state index is 0.293. The molecule has 0 N–H and O–H groups in total. The zero-order valence-electron chi connectivity index (χ0n) is 13.4. The zero-order valence-corrected chi connectivity index (χ0v) is 13.4. The fraction of sp³-hybridized carbons (Fsp3) is 0.0435. The van der Waals surface area contributed by atoms with Gasteiger partial charge in [-0.3, -0.25) is 0 Å². The summed E-state index contributed by atoms with van der Waals surface area (Å²) in [5.41, 5.74) is 4.94. The topological polar surface area (TPSA) is 3.24 Å². The van der Waals surface area contributed by atoms with Crippen LogP contribution in [0.2, 0.25) is 0 Å². The SMILES string of the molecule is C1=CN(c2ccccc2)C(c2ccccc2)=CC1c1ccccc1. The quantitative estimate of drug-likeness (QED) is 0.587. The van der Waals surface area contributed by atoms with E-state index in [0.29, 0.717) is 5.92 Å². The molecular weight excluding hydrogens is 290 g/mol. The summed E-state index contributed by atoms with van der Waals surface area (Å²) >= 11 is 0.